The summed E-state index contributed by atoms with van der Waals surface area (Å²) in [6, 6.07) is 6.43. The van der Waals surface area contributed by atoms with Gasteiger partial charge in [-0.1, -0.05) is 24.6 Å². The molecule has 1 N–H and O–H groups in total. The Balaban J connectivity index is 2.02. The van der Waals surface area contributed by atoms with Crippen LogP contribution in [-0.2, 0) is 14.3 Å². The van der Waals surface area contributed by atoms with Crippen LogP contribution in [0.15, 0.2) is 29.2 Å². The summed E-state index contributed by atoms with van der Waals surface area (Å²) in [5.74, 6) is 0. The van der Waals surface area contributed by atoms with Crippen LogP contribution in [0.25, 0.3) is 0 Å². The number of carboxylic acid groups (broad SMARTS) is 1. The third-order valence-electron chi connectivity index (χ3n) is 3.70. The first kappa shape index (κ1) is 15.8. The van der Waals surface area contributed by atoms with Crippen LogP contribution in [0.5, 0.6) is 0 Å². The Labute approximate surface area is 124 Å². The van der Waals surface area contributed by atoms with Gasteiger partial charge in [0.2, 0.25) is 0 Å². The fourth-order valence-electron chi connectivity index (χ4n) is 2.30. The number of amides is 1. The number of carbonyl (C=O) groups is 1. The lowest BCUT2D eigenvalue weighted by Crippen LogP contribution is -2.32. The van der Waals surface area contributed by atoms with Gasteiger partial charge in [0.1, 0.15) is 0 Å². The van der Waals surface area contributed by atoms with E-state index >= 15 is 0 Å². The van der Waals surface area contributed by atoms with E-state index in [0.717, 1.165) is 5.56 Å². The Morgan fingerprint density at radius 2 is 2.00 bits per heavy atom. The average molecular weight is 313 g/mol. The summed E-state index contributed by atoms with van der Waals surface area (Å²) < 4.78 is 29.3. The molecule has 0 radical (unpaired) electrons. The van der Waals surface area contributed by atoms with Crippen molar-refractivity contribution in [1.82, 2.24) is 4.90 Å². The molecule has 6 nitrogen and oxygen atoms in total. The van der Waals surface area contributed by atoms with Crippen LogP contribution in [0.2, 0.25) is 0 Å². The molecule has 1 aliphatic rings. The van der Waals surface area contributed by atoms with Crippen LogP contribution >= 0.6 is 0 Å². The number of rotatable bonds is 4. The van der Waals surface area contributed by atoms with Crippen LogP contribution < -0.4 is 0 Å². The number of likely N-dealkylation sites (tertiary alicyclic amines) is 1. The number of aryl methyl sites for hydroxylation is 1. The van der Waals surface area contributed by atoms with Gasteiger partial charge in [0, 0.05) is 18.5 Å². The van der Waals surface area contributed by atoms with Crippen molar-refractivity contribution in [3.05, 3.63) is 29.8 Å². The van der Waals surface area contributed by atoms with Crippen LogP contribution in [0.4, 0.5) is 4.79 Å². The van der Waals surface area contributed by atoms with Gasteiger partial charge in [0.15, 0.2) is 0 Å². The Morgan fingerprint density at radius 3 is 2.52 bits per heavy atom. The Kier molecular flexibility index (Phi) is 4.25. The third kappa shape index (κ3) is 3.74. The SMILES string of the molecule is Cc1ccc(S(=O)(=O)OCC2(C)CCN(C(=O)O)C2)cc1. The van der Waals surface area contributed by atoms with Gasteiger partial charge in [-0.3, -0.25) is 4.18 Å². The van der Waals surface area contributed by atoms with Crippen molar-refractivity contribution in [3.63, 3.8) is 0 Å². The quantitative estimate of drug-likeness (QED) is 0.860. The second kappa shape index (κ2) is 5.65. The largest absolute Gasteiger partial charge is 0.465 e. The lowest BCUT2D eigenvalue weighted by atomic mass is 9.91. The van der Waals surface area contributed by atoms with Gasteiger partial charge in [-0.05, 0) is 25.5 Å². The molecule has 7 heteroatoms. The summed E-state index contributed by atoms with van der Waals surface area (Å²) in [5, 5.41) is 8.94. The van der Waals surface area contributed by atoms with Gasteiger partial charge in [0.25, 0.3) is 10.1 Å². The van der Waals surface area contributed by atoms with Gasteiger partial charge in [-0.15, -0.1) is 0 Å². The van der Waals surface area contributed by atoms with Crippen molar-refractivity contribution >= 4 is 16.2 Å². The van der Waals surface area contributed by atoms with Crippen molar-refractivity contribution in [2.75, 3.05) is 19.7 Å². The standard InChI is InChI=1S/C14H19NO5S/c1-11-3-5-12(6-4-11)21(18,19)20-10-14(2)7-8-15(9-14)13(16)17/h3-6H,7-10H2,1-2H3,(H,16,17). The maximum absolute atomic E-state index is 12.1. The molecule has 0 spiro atoms. The highest BCUT2D eigenvalue weighted by atomic mass is 32.2. The third-order valence-corrected chi connectivity index (χ3v) is 4.98. The monoisotopic (exact) mass is 313 g/mol. The van der Waals surface area contributed by atoms with Crippen LogP contribution in [0.3, 0.4) is 0 Å². The summed E-state index contributed by atoms with van der Waals surface area (Å²) >= 11 is 0. The molecule has 0 saturated carbocycles. The highest BCUT2D eigenvalue weighted by molar-refractivity contribution is 7.86. The molecule has 1 saturated heterocycles. The van der Waals surface area contributed by atoms with Crippen molar-refractivity contribution < 1.29 is 22.5 Å². The van der Waals surface area contributed by atoms with Gasteiger partial charge < -0.3 is 10.0 Å². The van der Waals surface area contributed by atoms with Crippen LogP contribution in [0.1, 0.15) is 18.9 Å². The molecule has 2 rings (SSSR count). The summed E-state index contributed by atoms with van der Waals surface area (Å²) in [6.45, 7) is 4.37. The number of hydrogen-bond donors (Lipinski definition) is 1. The molecule has 1 fully saturated rings. The molecule has 1 heterocycles. The smallest absolute Gasteiger partial charge is 0.407 e. The van der Waals surface area contributed by atoms with E-state index in [4.69, 9.17) is 9.29 Å². The predicted octanol–water partition coefficient (Wildman–Crippen LogP) is 2.09. The minimum absolute atomic E-state index is 0.0208. The first-order valence-corrected chi connectivity index (χ1v) is 8.07. The van der Waals surface area contributed by atoms with Crippen molar-refractivity contribution in [2.24, 2.45) is 5.41 Å². The average Bonchev–Trinajstić information content (AvgIpc) is 2.81. The normalized spacial score (nSPS) is 22.5. The molecule has 1 aromatic rings. The molecule has 0 aliphatic carbocycles. The molecule has 1 atom stereocenters. The molecule has 1 aliphatic heterocycles. The van der Waals surface area contributed by atoms with Crippen LogP contribution in [-0.4, -0.2) is 44.2 Å². The highest BCUT2D eigenvalue weighted by Crippen LogP contribution is 2.31. The maximum atomic E-state index is 12.1. The van der Waals surface area contributed by atoms with Crippen molar-refractivity contribution in [1.29, 1.82) is 0 Å². The summed E-state index contributed by atoms with van der Waals surface area (Å²) in [6.07, 6.45) is -0.400. The fourth-order valence-corrected chi connectivity index (χ4v) is 3.34. The minimum Gasteiger partial charge on any atom is -0.465 e. The fraction of sp³-hybridized carbons (Fsp3) is 0.500. The number of benzene rings is 1. The van der Waals surface area contributed by atoms with Crippen molar-refractivity contribution in [2.45, 2.75) is 25.2 Å². The van der Waals surface area contributed by atoms with Gasteiger partial charge in [0.05, 0.1) is 11.5 Å². The van der Waals surface area contributed by atoms with Gasteiger partial charge in [-0.2, -0.15) is 8.42 Å². The Hall–Kier alpha value is -1.60. The predicted molar refractivity (Wildman–Crippen MR) is 76.6 cm³/mol. The second-order valence-corrected chi connectivity index (χ2v) is 7.41. The van der Waals surface area contributed by atoms with Gasteiger partial charge in [-0.25, -0.2) is 4.79 Å². The second-order valence-electron chi connectivity index (χ2n) is 5.79. The lowest BCUT2D eigenvalue weighted by molar-refractivity contribution is 0.138. The molecular formula is C14H19NO5S. The van der Waals surface area contributed by atoms with Crippen LogP contribution in [0, 0.1) is 12.3 Å². The first-order valence-electron chi connectivity index (χ1n) is 6.66. The number of hydrogen-bond acceptors (Lipinski definition) is 4. The molecule has 21 heavy (non-hydrogen) atoms. The molecule has 0 bridgehead atoms. The minimum atomic E-state index is -3.81. The van der Waals surface area contributed by atoms with Crippen molar-refractivity contribution in [3.8, 4) is 0 Å². The van der Waals surface area contributed by atoms with E-state index in [0.29, 0.717) is 13.0 Å². The topological polar surface area (TPSA) is 83.9 Å². The molecule has 1 amide bonds. The molecule has 116 valence electrons. The summed E-state index contributed by atoms with van der Waals surface area (Å²) in [5.41, 5.74) is 0.490. The van der Waals surface area contributed by atoms with E-state index in [9.17, 15) is 13.2 Å². The molecule has 1 unspecified atom stereocenters. The van der Waals surface area contributed by atoms with E-state index in [1.165, 1.54) is 17.0 Å². The zero-order valence-electron chi connectivity index (χ0n) is 12.1. The number of nitrogens with zero attached hydrogens (tertiary/aromatic N) is 1. The Morgan fingerprint density at radius 1 is 1.38 bits per heavy atom. The Bertz CT molecular complexity index is 625. The van der Waals surface area contributed by atoms with E-state index in [1.54, 1.807) is 12.1 Å². The zero-order chi connectivity index (χ0) is 15.7. The van der Waals surface area contributed by atoms with E-state index in [2.05, 4.69) is 0 Å². The summed E-state index contributed by atoms with van der Waals surface area (Å²) in [7, 11) is -3.81. The summed E-state index contributed by atoms with van der Waals surface area (Å²) in [4.78, 5) is 12.3. The van der Waals surface area contributed by atoms with Gasteiger partial charge >= 0.3 is 6.09 Å². The van der Waals surface area contributed by atoms with E-state index in [-0.39, 0.29) is 18.0 Å². The highest BCUT2D eigenvalue weighted by Gasteiger charge is 2.37. The van der Waals surface area contributed by atoms with E-state index in [1.807, 2.05) is 13.8 Å². The van der Waals surface area contributed by atoms with E-state index < -0.39 is 21.6 Å². The zero-order valence-corrected chi connectivity index (χ0v) is 12.9. The molecular weight excluding hydrogens is 294 g/mol. The first-order chi connectivity index (χ1) is 9.72. The molecule has 1 aromatic carbocycles. The lowest BCUT2D eigenvalue weighted by Gasteiger charge is -2.23. The maximum Gasteiger partial charge on any atom is 0.407 e. The molecule has 0 aromatic heterocycles.